The maximum atomic E-state index is 12.4. The minimum absolute atomic E-state index is 0.0603. The molecule has 2 amide bonds. The summed E-state index contributed by atoms with van der Waals surface area (Å²) in [6.45, 7) is 11.0. The van der Waals surface area contributed by atoms with Crippen LogP contribution >= 0.6 is 0 Å². The van der Waals surface area contributed by atoms with Gasteiger partial charge >= 0.3 is 7.12 Å². The van der Waals surface area contributed by atoms with E-state index in [2.05, 4.69) is 39.9 Å². The molecule has 0 unspecified atom stereocenters. The third kappa shape index (κ3) is 3.63. The van der Waals surface area contributed by atoms with Crippen molar-refractivity contribution in [3.05, 3.63) is 0 Å². The molecule has 27 heavy (non-hydrogen) atoms. The van der Waals surface area contributed by atoms with E-state index >= 15 is 0 Å². The third-order valence-corrected chi connectivity index (χ3v) is 7.11. The van der Waals surface area contributed by atoms with Crippen LogP contribution in [0.15, 0.2) is 0 Å². The second-order valence-corrected chi connectivity index (χ2v) is 9.86. The van der Waals surface area contributed by atoms with Crippen LogP contribution in [0.25, 0.3) is 0 Å². The summed E-state index contributed by atoms with van der Waals surface area (Å²) in [7, 11) is -0.498. The quantitative estimate of drug-likeness (QED) is 0.571. The molecule has 2 bridgehead atoms. The minimum Gasteiger partial charge on any atom is -0.404 e. The number of carbonyl (C=O) groups is 2. The minimum atomic E-state index is -0.955. The molecular formula is C19H34BN3O4. The molecule has 0 aromatic carbocycles. The Morgan fingerprint density at radius 1 is 1.26 bits per heavy atom. The molecule has 1 saturated heterocycles. The first kappa shape index (κ1) is 20.6. The molecule has 8 heteroatoms. The number of hydrogen-bond donors (Lipinski definition) is 3. The van der Waals surface area contributed by atoms with E-state index in [1.165, 1.54) is 6.42 Å². The maximum absolute atomic E-state index is 12.4. The Hall–Kier alpha value is -1.12. The van der Waals surface area contributed by atoms with Crippen molar-refractivity contribution in [2.24, 2.45) is 34.6 Å². The smallest absolute Gasteiger partial charge is 0.404 e. The fourth-order valence-corrected chi connectivity index (χ4v) is 5.42. The summed E-state index contributed by atoms with van der Waals surface area (Å²) in [5, 5.41) is 2.95. The zero-order valence-electron chi connectivity index (χ0n) is 17.2. The lowest BCUT2D eigenvalue weighted by Gasteiger charge is -2.64. The van der Waals surface area contributed by atoms with E-state index in [1.807, 2.05) is 0 Å². The summed E-state index contributed by atoms with van der Waals surface area (Å²) in [6, 6.07) is -0.955. The van der Waals surface area contributed by atoms with E-state index in [-0.39, 0.29) is 29.5 Å². The van der Waals surface area contributed by atoms with Gasteiger partial charge in [0.15, 0.2) is 0 Å². The summed E-state index contributed by atoms with van der Waals surface area (Å²) in [6.07, 6.45) is 2.77. The average Bonchev–Trinajstić information content (AvgIpc) is 2.89. The van der Waals surface area contributed by atoms with Crippen molar-refractivity contribution in [1.82, 2.24) is 5.32 Å². The normalized spacial score (nSPS) is 36.0. The highest BCUT2D eigenvalue weighted by Gasteiger charge is 2.68. The highest BCUT2D eigenvalue weighted by atomic mass is 16.7. The van der Waals surface area contributed by atoms with Crippen LogP contribution in [0.2, 0.25) is 0 Å². The second kappa shape index (κ2) is 7.05. The summed E-state index contributed by atoms with van der Waals surface area (Å²) < 4.78 is 12.8. The van der Waals surface area contributed by atoms with Crippen LogP contribution < -0.4 is 16.8 Å². The van der Waals surface area contributed by atoms with Crippen molar-refractivity contribution in [2.45, 2.75) is 84.0 Å². The fourth-order valence-electron chi connectivity index (χ4n) is 5.42. The van der Waals surface area contributed by atoms with Gasteiger partial charge in [-0.05, 0) is 49.4 Å². The van der Waals surface area contributed by atoms with Crippen molar-refractivity contribution in [3.63, 3.8) is 0 Å². The lowest BCUT2D eigenvalue weighted by molar-refractivity contribution is -0.199. The van der Waals surface area contributed by atoms with Gasteiger partial charge in [0.05, 0.1) is 30.1 Å². The largest absolute Gasteiger partial charge is 0.481 e. The van der Waals surface area contributed by atoms with Crippen LogP contribution in [-0.4, -0.2) is 42.6 Å². The number of rotatable bonds is 7. The molecule has 3 aliphatic carbocycles. The first-order valence-electron chi connectivity index (χ1n) is 10.1. The monoisotopic (exact) mass is 379 g/mol. The predicted octanol–water partition coefficient (Wildman–Crippen LogP) is 0.988. The van der Waals surface area contributed by atoms with Crippen molar-refractivity contribution in [1.29, 1.82) is 0 Å². The van der Waals surface area contributed by atoms with Crippen LogP contribution in [0.5, 0.6) is 0 Å². The number of carbonyl (C=O) groups excluding carboxylic acids is 2. The van der Waals surface area contributed by atoms with Gasteiger partial charge < -0.3 is 26.1 Å². The van der Waals surface area contributed by atoms with Crippen LogP contribution in [0.3, 0.4) is 0 Å². The van der Waals surface area contributed by atoms with Gasteiger partial charge in [0, 0.05) is 0 Å². The van der Waals surface area contributed by atoms with Crippen LogP contribution in [0, 0.1) is 23.2 Å². The molecule has 7 nitrogen and oxygen atoms in total. The first-order chi connectivity index (χ1) is 12.4. The maximum Gasteiger partial charge on any atom is 0.481 e. The van der Waals surface area contributed by atoms with Crippen molar-refractivity contribution in [2.75, 3.05) is 0 Å². The molecule has 1 aliphatic heterocycles. The topological polar surface area (TPSA) is 117 Å². The summed E-state index contributed by atoms with van der Waals surface area (Å²) >= 11 is 0. The Kier molecular flexibility index (Phi) is 5.38. The molecule has 0 spiro atoms. The van der Waals surface area contributed by atoms with Gasteiger partial charge in [-0.1, -0.05) is 27.7 Å². The van der Waals surface area contributed by atoms with Crippen molar-refractivity contribution in [3.8, 4) is 0 Å². The lowest BCUT2D eigenvalue weighted by Crippen LogP contribution is -2.65. The Morgan fingerprint density at radius 3 is 2.48 bits per heavy atom. The molecule has 0 aromatic rings. The van der Waals surface area contributed by atoms with Gasteiger partial charge in [0.2, 0.25) is 11.8 Å². The van der Waals surface area contributed by atoms with Crippen LogP contribution in [0.4, 0.5) is 0 Å². The van der Waals surface area contributed by atoms with E-state index < -0.39 is 25.0 Å². The van der Waals surface area contributed by atoms with Crippen molar-refractivity contribution >= 4 is 18.9 Å². The Balaban J connectivity index is 1.71. The highest BCUT2D eigenvalue weighted by molar-refractivity contribution is 6.47. The Bertz CT molecular complexity index is 614. The molecule has 4 fully saturated rings. The molecule has 3 saturated carbocycles. The molecule has 1 heterocycles. The molecule has 4 aliphatic rings. The van der Waals surface area contributed by atoms with Gasteiger partial charge in [0.1, 0.15) is 0 Å². The van der Waals surface area contributed by atoms with Gasteiger partial charge in [-0.25, -0.2) is 0 Å². The van der Waals surface area contributed by atoms with Gasteiger partial charge in [-0.2, -0.15) is 0 Å². The fraction of sp³-hybridized carbons (Fsp3) is 0.895. The molecule has 6 atom stereocenters. The predicted molar refractivity (Wildman–Crippen MR) is 103 cm³/mol. The lowest BCUT2D eigenvalue weighted by atomic mass is 9.43. The third-order valence-electron chi connectivity index (χ3n) is 7.11. The first-order valence-corrected chi connectivity index (χ1v) is 10.1. The Labute approximate surface area is 162 Å². The molecule has 152 valence electrons. The molecular weight excluding hydrogens is 345 g/mol. The van der Waals surface area contributed by atoms with Crippen LogP contribution in [0.1, 0.15) is 60.3 Å². The number of nitrogens with two attached hydrogens (primary N) is 2. The van der Waals surface area contributed by atoms with E-state index in [1.54, 1.807) is 0 Å². The number of hydrogen-bond acceptors (Lipinski definition) is 5. The van der Waals surface area contributed by atoms with E-state index in [0.29, 0.717) is 24.2 Å². The molecule has 5 N–H and O–H groups in total. The van der Waals surface area contributed by atoms with Crippen LogP contribution in [-0.2, 0) is 18.9 Å². The SMILES string of the molecule is CC(C)C[C@H](NC(=O)[C@@H](N)CC(N)=O)B1O[C@@H]2C[C@@H]3C[C@@H](C3(C)C)[C@]2(C)O1. The molecule has 4 rings (SSSR count). The average molecular weight is 379 g/mol. The summed E-state index contributed by atoms with van der Waals surface area (Å²) in [5.74, 6) is 0.189. The highest BCUT2D eigenvalue weighted by Crippen LogP contribution is 2.65. The zero-order chi connectivity index (χ0) is 20.1. The van der Waals surface area contributed by atoms with Gasteiger partial charge in [-0.15, -0.1) is 0 Å². The molecule has 0 aromatic heterocycles. The van der Waals surface area contributed by atoms with Gasteiger partial charge in [-0.3, -0.25) is 9.59 Å². The number of nitrogens with one attached hydrogen (secondary N) is 1. The number of primary amides is 1. The summed E-state index contributed by atoms with van der Waals surface area (Å²) in [5.41, 5.74) is 10.9. The van der Waals surface area contributed by atoms with E-state index in [0.717, 1.165) is 6.42 Å². The van der Waals surface area contributed by atoms with Crippen molar-refractivity contribution < 1.29 is 18.9 Å². The summed E-state index contributed by atoms with van der Waals surface area (Å²) in [4.78, 5) is 23.5. The zero-order valence-corrected chi connectivity index (χ0v) is 17.2. The van der Waals surface area contributed by atoms with E-state index in [9.17, 15) is 9.59 Å². The molecule has 0 radical (unpaired) electrons. The van der Waals surface area contributed by atoms with E-state index in [4.69, 9.17) is 20.8 Å². The second-order valence-electron chi connectivity index (χ2n) is 9.86. The Morgan fingerprint density at radius 2 is 1.93 bits per heavy atom. The number of amides is 2. The van der Waals surface area contributed by atoms with Gasteiger partial charge in [0.25, 0.3) is 0 Å². The standard InChI is InChI=1S/C19H34BN3O4/c1-10(2)6-15(23-17(25)12(21)9-16(22)24)20-26-14-8-11-7-13(18(11,3)4)19(14,5)27-20/h10-15H,6-9,21H2,1-5H3,(H2,22,24)(H,23,25)/t11-,12-,13-,14+,15-,19-/m0/s1.